The number of ether oxygens (including phenoxy) is 1. The molecule has 5 nitrogen and oxygen atoms in total. The van der Waals surface area contributed by atoms with Gasteiger partial charge >= 0.3 is 0 Å². The van der Waals surface area contributed by atoms with Crippen molar-refractivity contribution in [3.63, 3.8) is 0 Å². The number of hydrogen-bond acceptors (Lipinski definition) is 4. The van der Waals surface area contributed by atoms with Crippen molar-refractivity contribution in [2.24, 2.45) is 11.8 Å². The number of pyridine rings is 1. The number of para-hydroxylation sites is 1. The number of halogens is 1. The van der Waals surface area contributed by atoms with Gasteiger partial charge in [-0.05, 0) is 23.6 Å². The first-order valence-corrected chi connectivity index (χ1v) is 17.2. The Kier molecular flexibility index (Phi) is 8.25. The van der Waals surface area contributed by atoms with Crippen LogP contribution in [-0.4, -0.2) is 38.6 Å². The zero-order valence-electron chi connectivity index (χ0n) is 26.8. The Balaban J connectivity index is 1.33. The fraction of sp³-hybridized carbons (Fsp3) is 0.214. The lowest BCUT2D eigenvalue weighted by Crippen LogP contribution is -2.68. The van der Waals surface area contributed by atoms with Crippen molar-refractivity contribution in [3.05, 3.63) is 156 Å². The Bertz CT molecular complexity index is 2050. The van der Waals surface area contributed by atoms with E-state index >= 15 is 0 Å². The summed E-state index contributed by atoms with van der Waals surface area (Å²) >= 11 is 7.11. The SMILES string of the molecule is C=C[C@H]1C[N@+]2(Cc3ccccc3)CC[C@H]1C[C@@H]2[C@@H](Oc1nc(-c2ccccc2)nc(Cl)c1-c1ccccc1)c1ccnc2ccccc12. The van der Waals surface area contributed by atoms with Crippen LogP contribution in [0, 0.1) is 11.8 Å². The molecule has 4 aromatic carbocycles. The molecule has 48 heavy (non-hydrogen) atoms. The minimum atomic E-state index is -0.327. The Labute approximate surface area is 287 Å². The monoisotopic (exact) mass is 649 g/mol. The lowest BCUT2D eigenvalue weighted by Gasteiger charge is -2.58. The largest absolute Gasteiger partial charge is 0.462 e. The van der Waals surface area contributed by atoms with E-state index < -0.39 is 0 Å². The van der Waals surface area contributed by atoms with Crippen molar-refractivity contribution >= 4 is 22.5 Å². The summed E-state index contributed by atoms with van der Waals surface area (Å²) in [4.78, 5) is 14.7. The third kappa shape index (κ3) is 5.67. The van der Waals surface area contributed by atoms with Crippen LogP contribution in [-0.2, 0) is 6.54 Å². The molecule has 238 valence electrons. The molecule has 3 aliphatic rings. The average molecular weight is 650 g/mol. The van der Waals surface area contributed by atoms with Crippen molar-refractivity contribution in [1.29, 1.82) is 0 Å². The van der Waals surface area contributed by atoms with Gasteiger partial charge in [-0.25, -0.2) is 4.98 Å². The molecule has 0 spiro atoms. The maximum Gasteiger partial charge on any atom is 0.227 e. The minimum Gasteiger partial charge on any atom is -0.462 e. The molecule has 0 unspecified atom stereocenters. The first-order valence-electron chi connectivity index (χ1n) is 16.8. The second-order valence-corrected chi connectivity index (χ2v) is 13.6. The van der Waals surface area contributed by atoms with Gasteiger partial charge in [-0.2, -0.15) is 4.98 Å². The highest BCUT2D eigenvalue weighted by Gasteiger charge is 2.55. The normalized spacial score (nSPS) is 22.3. The van der Waals surface area contributed by atoms with Crippen molar-refractivity contribution < 1.29 is 9.22 Å². The predicted octanol–water partition coefficient (Wildman–Crippen LogP) is 9.74. The van der Waals surface area contributed by atoms with Gasteiger partial charge in [0.25, 0.3) is 0 Å². The molecule has 5 heterocycles. The predicted molar refractivity (Wildman–Crippen MR) is 193 cm³/mol. The number of piperidine rings is 3. The fourth-order valence-electron chi connectivity index (χ4n) is 8.21. The highest BCUT2D eigenvalue weighted by Crippen LogP contribution is 2.50. The maximum absolute atomic E-state index is 7.46. The second-order valence-electron chi connectivity index (χ2n) is 13.2. The van der Waals surface area contributed by atoms with Crippen molar-refractivity contribution in [2.45, 2.75) is 31.5 Å². The standard InChI is InChI=1S/C42H38ClN4O/c1-2-30-28-47(27-29-14-6-3-7-15-29)25-23-33(30)26-37(47)39(35-22-24-44-36-21-13-12-20-34(35)36)48-42-38(31-16-8-4-9-17-31)40(43)45-41(46-42)32-18-10-5-11-19-32/h2-22,24,30,33,37,39H,1,23,25-28H2/q+1/t30-,33-,37+,39-,47+/m0/s1. The van der Waals surface area contributed by atoms with E-state index in [1.165, 1.54) is 12.0 Å². The highest BCUT2D eigenvalue weighted by atomic mass is 35.5. The fourth-order valence-corrected chi connectivity index (χ4v) is 8.48. The first kappa shape index (κ1) is 30.5. The molecule has 2 aromatic heterocycles. The van der Waals surface area contributed by atoms with E-state index in [2.05, 4.69) is 67.3 Å². The summed E-state index contributed by atoms with van der Waals surface area (Å²) in [6.07, 6.45) is 5.98. The Morgan fingerprint density at radius 1 is 0.833 bits per heavy atom. The van der Waals surface area contributed by atoms with Gasteiger partial charge in [-0.3, -0.25) is 4.98 Å². The van der Waals surface area contributed by atoms with Gasteiger partial charge in [0.15, 0.2) is 11.9 Å². The molecule has 5 atom stereocenters. The molecule has 9 rings (SSSR count). The quantitative estimate of drug-likeness (QED) is 0.0889. The molecule has 0 aliphatic carbocycles. The van der Waals surface area contributed by atoms with Gasteiger partial charge in [0, 0.05) is 47.0 Å². The Hall–Kier alpha value is -4.84. The van der Waals surface area contributed by atoms with Crippen LogP contribution in [0.25, 0.3) is 33.4 Å². The molecular formula is C42H38ClN4O+. The molecule has 6 aromatic rings. The van der Waals surface area contributed by atoms with Gasteiger partial charge < -0.3 is 9.22 Å². The van der Waals surface area contributed by atoms with Crippen molar-refractivity contribution in [1.82, 2.24) is 15.0 Å². The maximum atomic E-state index is 7.46. The summed E-state index contributed by atoms with van der Waals surface area (Å²) in [6, 6.07) is 41.7. The summed E-state index contributed by atoms with van der Waals surface area (Å²) < 4.78 is 8.38. The van der Waals surface area contributed by atoms with E-state index in [1.54, 1.807) is 0 Å². The molecule has 3 fully saturated rings. The molecule has 3 aliphatic heterocycles. The van der Waals surface area contributed by atoms with Crippen LogP contribution < -0.4 is 4.74 Å². The van der Waals surface area contributed by atoms with Crippen molar-refractivity contribution in [3.8, 4) is 28.4 Å². The van der Waals surface area contributed by atoms with Crippen LogP contribution in [0.5, 0.6) is 5.88 Å². The Morgan fingerprint density at radius 3 is 2.27 bits per heavy atom. The smallest absolute Gasteiger partial charge is 0.227 e. The second kappa shape index (κ2) is 13.0. The lowest BCUT2D eigenvalue weighted by atomic mass is 9.71. The highest BCUT2D eigenvalue weighted by molar-refractivity contribution is 6.32. The Morgan fingerprint density at radius 2 is 1.52 bits per heavy atom. The van der Waals surface area contributed by atoms with Crippen LogP contribution in [0.15, 0.2) is 140 Å². The van der Waals surface area contributed by atoms with Gasteiger partial charge in [0.1, 0.15) is 17.7 Å². The zero-order valence-corrected chi connectivity index (χ0v) is 27.6. The molecule has 0 amide bonds. The molecule has 3 saturated heterocycles. The van der Waals surface area contributed by atoms with Gasteiger partial charge in [0.2, 0.25) is 5.88 Å². The number of aromatic nitrogens is 3. The molecular weight excluding hydrogens is 612 g/mol. The molecule has 6 heteroatoms. The summed E-state index contributed by atoms with van der Waals surface area (Å²) in [5.41, 5.74) is 5.92. The number of quaternary nitrogens is 1. The van der Waals surface area contributed by atoms with Crippen molar-refractivity contribution in [2.75, 3.05) is 13.1 Å². The molecule has 0 saturated carbocycles. The van der Waals surface area contributed by atoms with Crippen LogP contribution in [0.1, 0.15) is 30.1 Å². The zero-order chi connectivity index (χ0) is 32.5. The van der Waals surface area contributed by atoms with E-state index in [-0.39, 0.29) is 12.1 Å². The number of benzene rings is 4. The number of fused-ring (bicyclic) bond motifs is 4. The van der Waals surface area contributed by atoms with Crippen LogP contribution >= 0.6 is 11.6 Å². The molecule has 0 radical (unpaired) electrons. The van der Waals surface area contributed by atoms with Crippen LogP contribution in [0.4, 0.5) is 0 Å². The summed E-state index contributed by atoms with van der Waals surface area (Å²) in [6.45, 7) is 7.33. The minimum absolute atomic E-state index is 0.156. The first-order chi connectivity index (χ1) is 23.6. The van der Waals surface area contributed by atoms with Gasteiger partial charge in [0.05, 0.1) is 24.2 Å². The van der Waals surface area contributed by atoms with Crippen LogP contribution in [0.2, 0.25) is 5.15 Å². The van der Waals surface area contributed by atoms with E-state index in [0.717, 1.165) is 58.1 Å². The third-order valence-electron chi connectivity index (χ3n) is 10.5. The topological polar surface area (TPSA) is 47.9 Å². The number of rotatable bonds is 9. The summed E-state index contributed by atoms with van der Waals surface area (Å²) in [7, 11) is 0. The molecule has 0 N–H and O–H groups in total. The summed E-state index contributed by atoms with van der Waals surface area (Å²) in [5, 5.41) is 1.46. The van der Waals surface area contributed by atoms with E-state index in [4.69, 9.17) is 31.3 Å². The van der Waals surface area contributed by atoms with E-state index in [9.17, 15) is 0 Å². The molecule has 2 bridgehead atoms. The van der Waals surface area contributed by atoms with Gasteiger partial charge in [-0.1, -0.05) is 127 Å². The van der Waals surface area contributed by atoms with E-state index in [0.29, 0.717) is 34.3 Å². The number of hydrogen-bond donors (Lipinski definition) is 0. The third-order valence-corrected chi connectivity index (χ3v) is 10.8. The summed E-state index contributed by atoms with van der Waals surface area (Å²) in [5.74, 6) is 2.04. The van der Waals surface area contributed by atoms with Gasteiger partial charge in [-0.15, -0.1) is 6.58 Å². The number of nitrogens with zero attached hydrogens (tertiary/aromatic N) is 4. The average Bonchev–Trinajstić information content (AvgIpc) is 3.14. The van der Waals surface area contributed by atoms with Crippen LogP contribution in [0.3, 0.4) is 0 Å². The lowest BCUT2D eigenvalue weighted by molar-refractivity contribution is -0.984. The van der Waals surface area contributed by atoms with E-state index in [1.807, 2.05) is 72.9 Å².